The fourth-order valence-corrected chi connectivity index (χ4v) is 3.40. The second-order valence-electron chi connectivity index (χ2n) is 7.91. The van der Waals surface area contributed by atoms with Crippen molar-refractivity contribution >= 4 is 29.8 Å². The van der Waals surface area contributed by atoms with E-state index in [0.717, 1.165) is 17.5 Å². The predicted octanol–water partition coefficient (Wildman–Crippen LogP) is 5.63. The molecule has 0 fully saturated rings. The summed E-state index contributed by atoms with van der Waals surface area (Å²) in [5.74, 6) is -0.412. The molecule has 0 radical (unpaired) electrons. The number of aryl methyl sites for hydroxylation is 1. The van der Waals surface area contributed by atoms with Crippen molar-refractivity contribution in [3.63, 3.8) is 0 Å². The van der Waals surface area contributed by atoms with E-state index >= 15 is 0 Å². The van der Waals surface area contributed by atoms with Crippen LogP contribution in [0.1, 0.15) is 29.2 Å². The summed E-state index contributed by atoms with van der Waals surface area (Å²) in [4.78, 5) is 26.2. The van der Waals surface area contributed by atoms with Crippen LogP contribution in [0, 0.1) is 0 Å². The Morgan fingerprint density at radius 2 is 1.17 bits per heavy atom. The van der Waals surface area contributed by atoms with Gasteiger partial charge >= 0.3 is 0 Å². The van der Waals surface area contributed by atoms with Crippen molar-refractivity contribution in [2.24, 2.45) is 0 Å². The molecule has 184 valence electrons. The summed E-state index contributed by atoms with van der Waals surface area (Å²) in [5, 5.41) is 19.6. The Kier molecular flexibility index (Phi) is 8.84. The molecule has 0 aliphatic rings. The van der Waals surface area contributed by atoms with Crippen LogP contribution in [-0.4, -0.2) is 36.0 Å². The lowest BCUT2D eigenvalue weighted by molar-refractivity contribution is -0.116. The molecule has 3 aromatic rings. The van der Waals surface area contributed by atoms with Crippen molar-refractivity contribution < 1.29 is 29.3 Å². The Hall–Kier alpha value is -4.58. The summed E-state index contributed by atoms with van der Waals surface area (Å²) >= 11 is 0. The Balaban J connectivity index is 1.93. The van der Waals surface area contributed by atoms with E-state index in [0.29, 0.717) is 11.1 Å². The highest BCUT2D eigenvalue weighted by Gasteiger charge is 2.14. The van der Waals surface area contributed by atoms with Crippen molar-refractivity contribution in [1.82, 2.24) is 0 Å². The van der Waals surface area contributed by atoms with Crippen LogP contribution in [0.5, 0.6) is 23.0 Å². The van der Waals surface area contributed by atoms with Crippen LogP contribution in [0.15, 0.2) is 78.4 Å². The average molecular weight is 485 g/mol. The number of allylic oxidation sites excluding steroid dienone is 3. The van der Waals surface area contributed by atoms with Gasteiger partial charge in [0.05, 0.1) is 19.8 Å². The number of hydrogen-bond acceptors (Lipinski definition) is 6. The van der Waals surface area contributed by atoms with Gasteiger partial charge in [0, 0.05) is 0 Å². The third-order valence-electron chi connectivity index (χ3n) is 5.49. The third kappa shape index (κ3) is 6.73. The lowest BCUT2D eigenvalue weighted by Gasteiger charge is -2.05. The first-order valence-corrected chi connectivity index (χ1v) is 11.3. The molecule has 0 atom stereocenters. The molecule has 0 amide bonds. The van der Waals surface area contributed by atoms with E-state index in [4.69, 9.17) is 9.47 Å². The fraction of sp³-hybridized carbons (Fsp3) is 0.133. The number of hydrogen-bond donors (Lipinski definition) is 2. The van der Waals surface area contributed by atoms with Crippen LogP contribution >= 0.6 is 0 Å². The van der Waals surface area contributed by atoms with Gasteiger partial charge < -0.3 is 19.7 Å². The van der Waals surface area contributed by atoms with E-state index < -0.39 is 11.6 Å². The minimum absolute atomic E-state index is 0.0109. The summed E-state index contributed by atoms with van der Waals surface area (Å²) in [6.07, 6.45) is 8.18. The van der Waals surface area contributed by atoms with Gasteiger partial charge in [-0.3, -0.25) is 9.59 Å². The number of phenols is 2. The maximum Gasteiger partial charge on any atom is 0.189 e. The Labute approximate surface area is 210 Å². The van der Waals surface area contributed by atoms with Crippen LogP contribution in [0.2, 0.25) is 0 Å². The minimum atomic E-state index is -0.473. The van der Waals surface area contributed by atoms with Crippen molar-refractivity contribution in [2.45, 2.75) is 13.3 Å². The molecule has 0 heterocycles. The van der Waals surface area contributed by atoms with E-state index in [9.17, 15) is 19.8 Å². The molecule has 0 saturated carbocycles. The van der Waals surface area contributed by atoms with Gasteiger partial charge in [-0.25, -0.2) is 0 Å². The number of rotatable bonds is 10. The maximum absolute atomic E-state index is 13.1. The Bertz CT molecular complexity index is 1250. The smallest absolute Gasteiger partial charge is 0.189 e. The first-order valence-electron chi connectivity index (χ1n) is 11.3. The number of ketones is 2. The van der Waals surface area contributed by atoms with Crippen LogP contribution in [0.3, 0.4) is 0 Å². The molecule has 6 nitrogen and oxygen atoms in total. The molecule has 0 aromatic heterocycles. The van der Waals surface area contributed by atoms with E-state index in [1.54, 1.807) is 42.5 Å². The summed E-state index contributed by atoms with van der Waals surface area (Å²) < 4.78 is 10.2. The van der Waals surface area contributed by atoms with E-state index in [2.05, 4.69) is 6.92 Å². The second-order valence-corrected chi connectivity index (χ2v) is 7.91. The maximum atomic E-state index is 13.1. The molecule has 6 heteroatoms. The van der Waals surface area contributed by atoms with Gasteiger partial charge in [0.25, 0.3) is 0 Å². The van der Waals surface area contributed by atoms with Crippen LogP contribution in [-0.2, 0) is 16.0 Å². The quantitative estimate of drug-likeness (QED) is 0.220. The van der Waals surface area contributed by atoms with Gasteiger partial charge in [-0.15, -0.1) is 0 Å². The van der Waals surface area contributed by atoms with Crippen molar-refractivity contribution in [3.8, 4) is 23.0 Å². The van der Waals surface area contributed by atoms with Crippen molar-refractivity contribution in [3.05, 3.63) is 101 Å². The largest absolute Gasteiger partial charge is 0.504 e. The van der Waals surface area contributed by atoms with Crippen molar-refractivity contribution in [2.75, 3.05) is 14.2 Å². The van der Waals surface area contributed by atoms with E-state index in [1.165, 1.54) is 38.5 Å². The molecule has 0 bridgehead atoms. The zero-order valence-electron chi connectivity index (χ0n) is 20.4. The van der Waals surface area contributed by atoms with Crippen molar-refractivity contribution in [1.29, 1.82) is 0 Å². The average Bonchev–Trinajstić information content (AvgIpc) is 2.90. The third-order valence-corrected chi connectivity index (χ3v) is 5.49. The van der Waals surface area contributed by atoms with Gasteiger partial charge in [-0.2, -0.15) is 0 Å². The zero-order chi connectivity index (χ0) is 26.1. The summed E-state index contributed by atoms with van der Waals surface area (Å²) in [5.41, 5.74) is 3.12. The molecule has 0 aliphatic carbocycles. The highest BCUT2D eigenvalue weighted by molar-refractivity contribution is 6.31. The van der Waals surface area contributed by atoms with Gasteiger partial charge in [0.2, 0.25) is 0 Å². The Morgan fingerprint density at radius 3 is 1.58 bits per heavy atom. The van der Waals surface area contributed by atoms with Gasteiger partial charge in [-0.05, 0) is 71.2 Å². The number of aromatic hydroxyl groups is 2. The first kappa shape index (κ1) is 26.0. The highest BCUT2D eigenvalue weighted by Crippen LogP contribution is 2.28. The van der Waals surface area contributed by atoms with Crippen LogP contribution in [0.25, 0.3) is 18.2 Å². The number of phenolic OH excluding ortho intramolecular Hbond substituents is 2. The summed E-state index contributed by atoms with van der Waals surface area (Å²) in [6, 6.07) is 17.0. The monoisotopic (exact) mass is 484 g/mol. The Morgan fingerprint density at radius 1 is 0.722 bits per heavy atom. The molecule has 0 unspecified atom stereocenters. The summed E-state index contributed by atoms with van der Waals surface area (Å²) in [6.45, 7) is 2.05. The molecular formula is C30H28O6. The zero-order valence-corrected chi connectivity index (χ0v) is 20.4. The number of benzene rings is 3. The van der Waals surface area contributed by atoms with E-state index in [1.807, 2.05) is 24.3 Å². The first-order chi connectivity index (χ1) is 17.3. The normalized spacial score (nSPS) is 11.0. The topological polar surface area (TPSA) is 93.1 Å². The molecule has 0 spiro atoms. The molecule has 2 N–H and O–H groups in total. The molecule has 36 heavy (non-hydrogen) atoms. The van der Waals surface area contributed by atoms with Gasteiger partial charge in [0.1, 0.15) is 0 Å². The summed E-state index contributed by atoms with van der Waals surface area (Å²) in [7, 11) is 2.88. The lowest BCUT2D eigenvalue weighted by Crippen LogP contribution is -2.08. The van der Waals surface area contributed by atoms with E-state index in [-0.39, 0.29) is 28.6 Å². The number of carbonyl (C=O) groups excluding carboxylic acids is 2. The van der Waals surface area contributed by atoms with Gasteiger partial charge in [-0.1, -0.05) is 55.5 Å². The SMILES string of the molecule is CCc1ccc(C=C(C(=O)/C=C/c2ccc(O)c(OC)c2)C(=O)/C=C/c2ccc(O)c(OC)c2)cc1. The second kappa shape index (κ2) is 12.2. The number of methoxy groups -OCH3 is 2. The predicted molar refractivity (Wildman–Crippen MR) is 141 cm³/mol. The number of carbonyl (C=O) groups is 2. The lowest BCUT2D eigenvalue weighted by atomic mass is 10.00. The fourth-order valence-electron chi connectivity index (χ4n) is 3.40. The number of ether oxygens (including phenoxy) is 2. The molecule has 3 rings (SSSR count). The standard InChI is InChI=1S/C30H28O6/c1-4-20-5-7-21(8-6-20)17-24(25(31)13-9-22-11-15-27(33)29(18-22)35-2)26(32)14-10-23-12-16-28(34)30(19-23)36-3/h5-19,33-34H,4H2,1-3H3/b13-9+,14-10+. The van der Waals surface area contributed by atoms with Gasteiger partial charge in [0.15, 0.2) is 34.6 Å². The minimum Gasteiger partial charge on any atom is -0.504 e. The van der Waals surface area contributed by atoms with Crippen LogP contribution in [0.4, 0.5) is 0 Å². The molecular weight excluding hydrogens is 456 g/mol. The van der Waals surface area contributed by atoms with Crippen LogP contribution < -0.4 is 9.47 Å². The molecule has 0 aliphatic heterocycles. The molecule has 3 aromatic carbocycles. The molecule has 0 saturated heterocycles. The highest BCUT2D eigenvalue weighted by atomic mass is 16.5.